The molecule has 1 aliphatic heterocycles. The Morgan fingerprint density at radius 3 is 2.59 bits per heavy atom. The highest BCUT2D eigenvalue weighted by atomic mass is 16.5. The molecule has 29 heavy (non-hydrogen) atoms. The molecular formula is C20H28N4O5. The van der Waals surface area contributed by atoms with Gasteiger partial charge in [0.2, 0.25) is 5.91 Å². The number of hydrogen-bond donors (Lipinski definition) is 3. The van der Waals surface area contributed by atoms with Crippen molar-refractivity contribution in [2.45, 2.75) is 58.1 Å². The van der Waals surface area contributed by atoms with E-state index in [9.17, 15) is 19.2 Å². The Morgan fingerprint density at radius 2 is 1.90 bits per heavy atom. The minimum atomic E-state index is -1.13. The number of nitrogens with one attached hydrogen (secondary N) is 2. The predicted molar refractivity (Wildman–Crippen MR) is 108 cm³/mol. The van der Waals surface area contributed by atoms with Gasteiger partial charge in [-0.2, -0.15) is 0 Å². The molecule has 0 saturated heterocycles. The number of urea groups is 1. The number of fused-ring (bicyclic) bond motifs is 1. The van der Waals surface area contributed by atoms with Crippen LogP contribution in [0.1, 0.15) is 46.5 Å². The number of carbonyl (C=O) groups is 4. The quantitative estimate of drug-likeness (QED) is 0.450. The van der Waals surface area contributed by atoms with Crippen molar-refractivity contribution in [1.29, 1.82) is 0 Å². The lowest BCUT2D eigenvalue weighted by Gasteiger charge is -2.42. The third-order valence-electron chi connectivity index (χ3n) is 4.74. The molecule has 1 aliphatic rings. The number of hydrogen-bond acceptors (Lipinski definition) is 5. The summed E-state index contributed by atoms with van der Waals surface area (Å²) >= 11 is 0. The van der Waals surface area contributed by atoms with Crippen LogP contribution in [-0.4, -0.2) is 42.0 Å². The smallest absolute Gasteiger partial charge is 0.312 e. The Balaban J connectivity index is 1.94. The van der Waals surface area contributed by atoms with Gasteiger partial charge in [0.05, 0.1) is 11.4 Å². The lowest BCUT2D eigenvalue weighted by atomic mass is 9.95. The highest BCUT2D eigenvalue weighted by Crippen LogP contribution is 2.37. The van der Waals surface area contributed by atoms with Crippen molar-refractivity contribution in [2.75, 3.05) is 16.8 Å². The molecule has 0 spiro atoms. The monoisotopic (exact) mass is 404 g/mol. The zero-order valence-electron chi connectivity index (χ0n) is 17.0. The van der Waals surface area contributed by atoms with E-state index in [1.54, 1.807) is 38.1 Å². The van der Waals surface area contributed by atoms with E-state index in [4.69, 9.17) is 10.5 Å². The zero-order chi connectivity index (χ0) is 21.6. The van der Waals surface area contributed by atoms with E-state index in [1.165, 1.54) is 11.8 Å². The molecule has 0 aliphatic carbocycles. The Labute approximate surface area is 169 Å². The maximum absolute atomic E-state index is 13.1. The molecule has 4 N–H and O–H groups in total. The largest absolute Gasteiger partial charge is 0.453 e. The molecule has 0 fully saturated rings. The number of nitrogens with two attached hydrogens (primary N) is 1. The van der Waals surface area contributed by atoms with Gasteiger partial charge in [0.25, 0.3) is 5.91 Å². The SMILES string of the molecule is C[C@@H](OC(=O)CCCCCNC(N)=O)C(=O)N1c2ccccc2NC(=O)C1(C)C. The lowest BCUT2D eigenvalue weighted by molar-refractivity contribution is -0.154. The molecule has 1 heterocycles. The summed E-state index contributed by atoms with van der Waals surface area (Å²) in [4.78, 5) is 49.6. The Morgan fingerprint density at radius 1 is 1.21 bits per heavy atom. The molecule has 0 aromatic heterocycles. The molecule has 1 aromatic carbocycles. The third kappa shape index (κ3) is 5.46. The van der Waals surface area contributed by atoms with Crippen LogP contribution in [0.25, 0.3) is 0 Å². The Hall–Kier alpha value is -3.10. The number of esters is 1. The van der Waals surface area contributed by atoms with Gasteiger partial charge in [-0.15, -0.1) is 0 Å². The van der Waals surface area contributed by atoms with Crippen molar-refractivity contribution in [3.63, 3.8) is 0 Å². The topological polar surface area (TPSA) is 131 Å². The van der Waals surface area contributed by atoms with E-state index in [0.717, 1.165) is 0 Å². The summed E-state index contributed by atoms with van der Waals surface area (Å²) in [5.74, 6) is -1.26. The summed E-state index contributed by atoms with van der Waals surface area (Å²) in [5.41, 5.74) is 4.94. The second kappa shape index (κ2) is 9.40. The molecule has 1 aromatic rings. The van der Waals surface area contributed by atoms with Gasteiger partial charge < -0.3 is 21.1 Å². The van der Waals surface area contributed by atoms with Crippen molar-refractivity contribution in [2.24, 2.45) is 5.73 Å². The van der Waals surface area contributed by atoms with E-state index in [-0.39, 0.29) is 12.3 Å². The fraction of sp³-hybridized carbons (Fsp3) is 0.500. The zero-order valence-corrected chi connectivity index (χ0v) is 17.0. The van der Waals surface area contributed by atoms with Crippen LogP contribution in [0.4, 0.5) is 16.2 Å². The van der Waals surface area contributed by atoms with E-state index in [1.807, 2.05) is 0 Å². The second-order valence-corrected chi connectivity index (χ2v) is 7.44. The minimum absolute atomic E-state index is 0.161. The third-order valence-corrected chi connectivity index (χ3v) is 4.74. The molecule has 158 valence electrons. The lowest BCUT2D eigenvalue weighted by Crippen LogP contribution is -2.60. The standard InChI is InChI=1S/C20H28N4O5/c1-13(29-16(25)11-5-4-8-12-22-19(21)28)17(26)24-15-10-7-6-9-14(15)23-18(27)20(24,2)3/h6-7,9-10,13H,4-5,8,11-12H2,1-3H3,(H,23,27)(H3,21,22,28)/t13-/m1/s1. The van der Waals surface area contributed by atoms with Crippen LogP contribution < -0.4 is 21.3 Å². The van der Waals surface area contributed by atoms with Gasteiger partial charge >= 0.3 is 12.0 Å². The molecule has 0 unspecified atom stereocenters. The van der Waals surface area contributed by atoms with E-state index < -0.39 is 29.6 Å². The fourth-order valence-corrected chi connectivity index (χ4v) is 3.12. The first kappa shape index (κ1) is 22.2. The maximum atomic E-state index is 13.1. The summed E-state index contributed by atoms with van der Waals surface area (Å²) in [6, 6.07) is 6.42. The van der Waals surface area contributed by atoms with Crippen LogP contribution in [0.5, 0.6) is 0 Å². The molecular weight excluding hydrogens is 376 g/mol. The van der Waals surface area contributed by atoms with Crippen LogP contribution in [0.3, 0.4) is 0 Å². The van der Waals surface area contributed by atoms with Crippen LogP contribution in [0.15, 0.2) is 24.3 Å². The minimum Gasteiger partial charge on any atom is -0.453 e. The van der Waals surface area contributed by atoms with Gasteiger partial charge in [0, 0.05) is 13.0 Å². The molecule has 9 nitrogen and oxygen atoms in total. The number of nitrogens with zero attached hydrogens (tertiary/aromatic N) is 1. The number of ether oxygens (including phenoxy) is 1. The normalized spacial score (nSPS) is 15.7. The molecule has 4 amide bonds. The van der Waals surface area contributed by atoms with Gasteiger partial charge in [0.1, 0.15) is 5.54 Å². The van der Waals surface area contributed by atoms with Crippen molar-refractivity contribution in [1.82, 2.24) is 5.32 Å². The molecule has 1 atom stereocenters. The van der Waals surface area contributed by atoms with Crippen LogP contribution >= 0.6 is 0 Å². The summed E-state index contributed by atoms with van der Waals surface area (Å²) in [6.07, 6.45) is 1.11. The fourth-order valence-electron chi connectivity index (χ4n) is 3.12. The number of carbonyl (C=O) groups excluding carboxylic acids is 4. The number of unbranched alkanes of at least 4 members (excludes halogenated alkanes) is 2. The van der Waals surface area contributed by atoms with Crippen LogP contribution in [0, 0.1) is 0 Å². The summed E-state index contributed by atoms with van der Waals surface area (Å²) in [7, 11) is 0. The number of primary amides is 1. The van der Waals surface area contributed by atoms with E-state index >= 15 is 0 Å². The van der Waals surface area contributed by atoms with Gasteiger partial charge in [-0.05, 0) is 45.7 Å². The van der Waals surface area contributed by atoms with E-state index in [2.05, 4.69) is 10.6 Å². The molecule has 2 rings (SSSR count). The number of anilines is 2. The molecule has 0 radical (unpaired) electrons. The summed E-state index contributed by atoms with van der Waals surface area (Å²) in [5, 5.41) is 5.27. The number of benzene rings is 1. The molecule has 0 saturated carbocycles. The highest BCUT2D eigenvalue weighted by molar-refractivity contribution is 6.15. The number of amides is 4. The van der Waals surface area contributed by atoms with E-state index in [0.29, 0.717) is 37.2 Å². The number of rotatable bonds is 8. The van der Waals surface area contributed by atoms with Crippen molar-refractivity contribution < 1.29 is 23.9 Å². The molecule has 0 bridgehead atoms. The molecule has 9 heteroatoms. The van der Waals surface area contributed by atoms with Crippen LogP contribution in [-0.2, 0) is 19.1 Å². The first-order valence-electron chi connectivity index (χ1n) is 9.62. The van der Waals surface area contributed by atoms with Crippen LogP contribution in [0.2, 0.25) is 0 Å². The Bertz CT molecular complexity index is 793. The number of para-hydroxylation sites is 2. The highest BCUT2D eigenvalue weighted by Gasteiger charge is 2.45. The maximum Gasteiger partial charge on any atom is 0.312 e. The van der Waals surface area contributed by atoms with Crippen molar-refractivity contribution in [3.8, 4) is 0 Å². The summed E-state index contributed by atoms with van der Waals surface area (Å²) < 4.78 is 5.30. The Kier molecular flexibility index (Phi) is 7.19. The average molecular weight is 404 g/mol. The van der Waals surface area contributed by atoms with Crippen molar-refractivity contribution in [3.05, 3.63) is 24.3 Å². The van der Waals surface area contributed by atoms with Crippen molar-refractivity contribution >= 4 is 35.2 Å². The van der Waals surface area contributed by atoms with Gasteiger partial charge in [-0.3, -0.25) is 19.3 Å². The predicted octanol–water partition coefficient (Wildman–Crippen LogP) is 1.91. The first-order chi connectivity index (χ1) is 13.6. The summed E-state index contributed by atoms with van der Waals surface area (Å²) in [6.45, 7) is 5.24. The van der Waals surface area contributed by atoms with Gasteiger partial charge in [-0.25, -0.2) is 4.79 Å². The van der Waals surface area contributed by atoms with Gasteiger partial charge in [-0.1, -0.05) is 18.6 Å². The second-order valence-electron chi connectivity index (χ2n) is 7.44. The first-order valence-corrected chi connectivity index (χ1v) is 9.62. The average Bonchev–Trinajstić information content (AvgIpc) is 2.64. The van der Waals surface area contributed by atoms with Gasteiger partial charge in [0.15, 0.2) is 6.10 Å².